The molecule has 0 heterocycles. The van der Waals surface area contributed by atoms with E-state index >= 15 is 0 Å². The maximum absolute atomic E-state index is 12.3. The van der Waals surface area contributed by atoms with E-state index in [9.17, 15) is 8.42 Å². The maximum Gasteiger partial charge on any atom is 0.157 e. The molecule has 108 valence electrons. The van der Waals surface area contributed by atoms with Gasteiger partial charge in [0.05, 0.1) is 10.5 Å². The molecule has 0 fully saturated rings. The van der Waals surface area contributed by atoms with Crippen LogP contribution in [0.1, 0.15) is 44.9 Å². The summed E-state index contributed by atoms with van der Waals surface area (Å²) < 4.78 is 24.0. The van der Waals surface area contributed by atoms with Crippen molar-refractivity contribution in [1.82, 2.24) is 5.32 Å². The fourth-order valence-corrected chi connectivity index (χ4v) is 3.04. The van der Waals surface area contributed by atoms with E-state index in [0.717, 1.165) is 12.1 Å². The number of rotatable bonds is 5. The van der Waals surface area contributed by atoms with E-state index in [4.69, 9.17) is 0 Å². The highest BCUT2D eigenvalue weighted by Gasteiger charge is 2.31. The molecule has 0 aliphatic heterocycles. The third-order valence-corrected chi connectivity index (χ3v) is 5.89. The fourth-order valence-electron chi connectivity index (χ4n) is 1.79. The first-order valence-corrected chi connectivity index (χ1v) is 8.35. The van der Waals surface area contributed by atoms with Crippen molar-refractivity contribution in [2.45, 2.75) is 45.4 Å². The molecule has 0 radical (unpaired) electrons. The van der Waals surface area contributed by atoms with Crippen molar-refractivity contribution in [2.24, 2.45) is 0 Å². The first-order chi connectivity index (χ1) is 8.67. The molecule has 19 heavy (non-hydrogen) atoms. The monoisotopic (exact) mass is 283 g/mol. The molecule has 0 aliphatic carbocycles. The normalized spacial score (nSPS) is 14.4. The number of aryl methyl sites for hydroxylation is 1. The van der Waals surface area contributed by atoms with Gasteiger partial charge < -0.3 is 5.32 Å². The first kappa shape index (κ1) is 16.2. The Kier molecular flexibility index (Phi) is 5.16. The van der Waals surface area contributed by atoms with Crippen molar-refractivity contribution in [3.63, 3.8) is 0 Å². The zero-order valence-corrected chi connectivity index (χ0v) is 13.3. The topological polar surface area (TPSA) is 46.2 Å². The van der Waals surface area contributed by atoms with Gasteiger partial charge in [0.1, 0.15) is 0 Å². The summed E-state index contributed by atoms with van der Waals surface area (Å²) in [6, 6.07) is 7.89. The molecule has 1 unspecified atom stereocenters. The highest BCUT2D eigenvalue weighted by atomic mass is 32.2. The Bertz CT molecular complexity index is 498. The second-order valence-electron chi connectivity index (χ2n) is 5.91. The summed E-state index contributed by atoms with van der Waals surface area (Å²) in [5.74, 6) is 0.132. The lowest BCUT2D eigenvalue weighted by Crippen LogP contribution is -2.36. The standard InChI is InChI=1S/C15H25NO2S/c1-6-16-14(11-19(17,18)15(3,4)5)13-9-7-12(2)8-10-13/h7-10,14,16H,6,11H2,1-5H3. The minimum Gasteiger partial charge on any atom is -0.309 e. The number of benzene rings is 1. The third kappa shape index (κ3) is 4.32. The Morgan fingerprint density at radius 3 is 2.11 bits per heavy atom. The molecule has 0 aromatic heterocycles. The van der Waals surface area contributed by atoms with Crippen LogP contribution in [-0.4, -0.2) is 25.5 Å². The predicted octanol–water partition coefficient (Wildman–Crippen LogP) is 2.86. The molecule has 0 bridgehead atoms. The Balaban J connectivity index is 3.00. The van der Waals surface area contributed by atoms with Crippen LogP contribution in [0.25, 0.3) is 0 Å². The lowest BCUT2D eigenvalue weighted by Gasteiger charge is -2.25. The van der Waals surface area contributed by atoms with E-state index in [0.29, 0.717) is 0 Å². The number of hydrogen-bond acceptors (Lipinski definition) is 3. The van der Waals surface area contributed by atoms with Crippen LogP contribution in [0.3, 0.4) is 0 Å². The molecule has 1 atom stereocenters. The van der Waals surface area contributed by atoms with Crippen molar-refractivity contribution in [3.8, 4) is 0 Å². The van der Waals surface area contributed by atoms with Crippen molar-refractivity contribution < 1.29 is 8.42 Å². The molecular formula is C15H25NO2S. The summed E-state index contributed by atoms with van der Waals surface area (Å²) in [5.41, 5.74) is 2.21. The zero-order chi connectivity index (χ0) is 14.7. The maximum atomic E-state index is 12.3. The van der Waals surface area contributed by atoms with Gasteiger partial charge in [-0.25, -0.2) is 8.42 Å². The Morgan fingerprint density at radius 2 is 1.68 bits per heavy atom. The van der Waals surface area contributed by atoms with Gasteiger partial charge in [-0.3, -0.25) is 0 Å². The highest BCUT2D eigenvalue weighted by molar-refractivity contribution is 7.92. The molecule has 0 amide bonds. The average molecular weight is 283 g/mol. The predicted molar refractivity (Wildman–Crippen MR) is 81.1 cm³/mol. The Hall–Kier alpha value is -0.870. The van der Waals surface area contributed by atoms with Crippen LogP contribution < -0.4 is 5.32 Å². The van der Waals surface area contributed by atoms with Gasteiger partial charge in [-0.1, -0.05) is 36.8 Å². The molecule has 0 aliphatic rings. The minimum absolute atomic E-state index is 0.132. The molecule has 0 saturated heterocycles. The lowest BCUT2D eigenvalue weighted by atomic mass is 10.1. The Morgan fingerprint density at radius 1 is 1.16 bits per heavy atom. The van der Waals surface area contributed by atoms with Crippen LogP contribution in [0.15, 0.2) is 24.3 Å². The van der Waals surface area contributed by atoms with Crippen LogP contribution in [0.5, 0.6) is 0 Å². The van der Waals surface area contributed by atoms with Gasteiger partial charge in [-0.05, 0) is 39.8 Å². The summed E-state index contributed by atoms with van der Waals surface area (Å²) in [7, 11) is -3.14. The lowest BCUT2D eigenvalue weighted by molar-refractivity contribution is 0.533. The number of nitrogens with one attached hydrogen (secondary N) is 1. The van der Waals surface area contributed by atoms with Gasteiger partial charge >= 0.3 is 0 Å². The van der Waals surface area contributed by atoms with Gasteiger partial charge in [0.15, 0.2) is 9.84 Å². The van der Waals surface area contributed by atoms with Crippen LogP contribution in [-0.2, 0) is 9.84 Å². The molecule has 4 heteroatoms. The van der Waals surface area contributed by atoms with Crippen LogP contribution in [0.4, 0.5) is 0 Å². The second kappa shape index (κ2) is 6.06. The third-order valence-electron chi connectivity index (χ3n) is 3.25. The van der Waals surface area contributed by atoms with Crippen molar-refractivity contribution in [3.05, 3.63) is 35.4 Å². The van der Waals surface area contributed by atoms with Crippen LogP contribution >= 0.6 is 0 Å². The van der Waals surface area contributed by atoms with Crippen LogP contribution in [0.2, 0.25) is 0 Å². The first-order valence-electron chi connectivity index (χ1n) is 6.69. The van der Waals surface area contributed by atoms with E-state index in [1.165, 1.54) is 5.56 Å². The van der Waals surface area contributed by atoms with Gasteiger partial charge in [0.25, 0.3) is 0 Å². The molecule has 1 aromatic carbocycles. The molecular weight excluding hydrogens is 258 g/mol. The fraction of sp³-hybridized carbons (Fsp3) is 0.600. The van der Waals surface area contributed by atoms with Gasteiger partial charge in [-0.2, -0.15) is 0 Å². The minimum atomic E-state index is -3.14. The van der Waals surface area contributed by atoms with Crippen molar-refractivity contribution >= 4 is 9.84 Å². The largest absolute Gasteiger partial charge is 0.309 e. The smallest absolute Gasteiger partial charge is 0.157 e. The van der Waals surface area contributed by atoms with Gasteiger partial charge in [-0.15, -0.1) is 0 Å². The van der Waals surface area contributed by atoms with E-state index in [-0.39, 0.29) is 11.8 Å². The van der Waals surface area contributed by atoms with Gasteiger partial charge in [0.2, 0.25) is 0 Å². The van der Waals surface area contributed by atoms with Crippen molar-refractivity contribution in [1.29, 1.82) is 0 Å². The molecule has 1 rings (SSSR count). The highest BCUT2D eigenvalue weighted by Crippen LogP contribution is 2.23. The summed E-state index contributed by atoms with van der Waals surface area (Å²) in [6.45, 7) is 10.0. The summed E-state index contributed by atoms with van der Waals surface area (Å²) in [5, 5.41) is 3.27. The van der Waals surface area contributed by atoms with Crippen LogP contribution in [0, 0.1) is 6.92 Å². The van der Waals surface area contributed by atoms with E-state index in [1.54, 1.807) is 20.8 Å². The Labute approximate surface area is 117 Å². The SMILES string of the molecule is CCNC(CS(=O)(=O)C(C)(C)C)c1ccc(C)cc1. The summed E-state index contributed by atoms with van der Waals surface area (Å²) >= 11 is 0. The molecule has 0 spiro atoms. The van der Waals surface area contributed by atoms with Gasteiger partial charge in [0, 0.05) is 6.04 Å². The molecule has 1 N–H and O–H groups in total. The number of hydrogen-bond donors (Lipinski definition) is 1. The van der Waals surface area contributed by atoms with Crippen molar-refractivity contribution in [2.75, 3.05) is 12.3 Å². The van der Waals surface area contributed by atoms with E-state index in [1.807, 2.05) is 38.1 Å². The average Bonchev–Trinajstić information content (AvgIpc) is 2.27. The summed E-state index contributed by atoms with van der Waals surface area (Å²) in [6.07, 6.45) is 0. The molecule has 3 nitrogen and oxygen atoms in total. The molecule has 0 saturated carbocycles. The zero-order valence-electron chi connectivity index (χ0n) is 12.5. The van der Waals surface area contributed by atoms with E-state index in [2.05, 4.69) is 5.32 Å². The van der Waals surface area contributed by atoms with E-state index < -0.39 is 14.6 Å². The second-order valence-corrected chi connectivity index (χ2v) is 8.70. The quantitative estimate of drug-likeness (QED) is 0.904. The molecule has 1 aromatic rings. The summed E-state index contributed by atoms with van der Waals surface area (Å²) in [4.78, 5) is 0. The number of sulfone groups is 1.